The second-order valence-corrected chi connectivity index (χ2v) is 6.40. The summed E-state index contributed by atoms with van der Waals surface area (Å²) < 4.78 is 3.04. The van der Waals surface area contributed by atoms with Gasteiger partial charge in [-0.3, -0.25) is 0 Å². The van der Waals surface area contributed by atoms with E-state index >= 15 is 0 Å². The molecule has 2 aromatic heterocycles. The summed E-state index contributed by atoms with van der Waals surface area (Å²) in [6.07, 6.45) is 9.21. The minimum absolute atomic E-state index is 0.506. The van der Waals surface area contributed by atoms with Crippen LogP contribution in [0.15, 0.2) is 24.8 Å². The largest absolute Gasteiger partial charge is 0.337 e. The van der Waals surface area contributed by atoms with Gasteiger partial charge >= 0.3 is 0 Å². The summed E-state index contributed by atoms with van der Waals surface area (Å²) in [5, 5.41) is 3.63. The zero-order valence-electron chi connectivity index (χ0n) is 10.1. The molecule has 0 aliphatic heterocycles. The van der Waals surface area contributed by atoms with E-state index in [1.165, 1.54) is 23.3 Å². The third kappa shape index (κ3) is 2.60. The van der Waals surface area contributed by atoms with Gasteiger partial charge in [0.25, 0.3) is 0 Å². The highest BCUT2D eigenvalue weighted by atomic mass is 35.5. The lowest BCUT2D eigenvalue weighted by atomic mass is 10.2. The van der Waals surface area contributed by atoms with Crippen molar-refractivity contribution in [1.29, 1.82) is 0 Å². The molecular weight excluding hydrogens is 266 g/mol. The fraction of sp³-hybridized carbons (Fsp3) is 0.462. The van der Waals surface area contributed by atoms with Crippen molar-refractivity contribution < 1.29 is 0 Å². The minimum atomic E-state index is 0.506. The summed E-state index contributed by atoms with van der Waals surface area (Å²) in [5.41, 5.74) is 1.42. The Morgan fingerprint density at radius 3 is 3.33 bits per heavy atom. The summed E-state index contributed by atoms with van der Waals surface area (Å²) in [6.45, 7) is 2.06. The van der Waals surface area contributed by atoms with E-state index < -0.39 is 0 Å². The van der Waals surface area contributed by atoms with E-state index in [-0.39, 0.29) is 0 Å². The van der Waals surface area contributed by atoms with Gasteiger partial charge in [-0.15, -0.1) is 11.3 Å². The Labute approximate surface area is 116 Å². The molecular formula is C13H16ClN3S. The summed E-state index contributed by atoms with van der Waals surface area (Å²) >= 11 is 7.78. The van der Waals surface area contributed by atoms with Gasteiger partial charge in [-0.05, 0) is 37.4 Å². The standard InChI is InChI=1S/C13H16ClN3S/c14-13-8-10-11(2-3-12(10)18-13)16-4-1-6-17-7-5-15-9-17/h5,7-9,11,16H,1-4,6H2. The van der Waals surface area contributed by atoms with Gasteiger partial charge in [-0.25, -0.2) is 4.98 Å². The first-order valence-electron chi connectivity index (χ1n) is 6.30. The molecule has 0 bridgehead atoms. The SMILES string of the molecule is Clc1cc2c(s1)CCC2NCCCn1ccnc1. The fourth-order valence-electron chi connectivity index (χ4n) is 2.50. The Morgan fingerprint density at radius 1 is 1.56 bits per heavy atom. The van der Waals surface area contributed by atoms with E-state index in [4.69, 9.17) is 11.6 Å². The van der Waals surface area contributed by atoms with Crippen LogP contribution in [-0.4, -0.2) is 16.1 Å². The van der Waals surface area contributed by atoms with E-state index in [1.807, 2.05) is 18.7 Å². The van der Waals surface area contributed by atoms with Crippen LogP contribution in [-0.2, 0) is 13.0 Å². The quantitative estimate of drug-likeness (QED) is 0.853. The topological polar surface area (TPSA) is 29.9 Å². The number of nitrogens with one attached hydrogen (secondary N) is 1. The molecule has 2 aromatic rings. The number of aryl methyl sites for hydroxylation is 2. The van der Waals surface area contributed by atoms with Crippen molar-refractivity contribution in [3.8, 4) is 0 Å². The third-order valence-corrected chi connectivity index (χ3v) is 4.73. The van der Waals surface area contributed by atoms with Crippen molar-refractivity contribution >= 4 is 22.9 Å². The highest BCUT2D eigenvalue weighted by molar-refractivity contribution is 7.16. The smallest absolute Gasteiger partial charge is 0.0945 e. The van der Waals surface area contributed by atoms with E-state index in [9.17, 15) is 0 Å². The van der Waals surface area contributed by atoms with Crippen LogP contribution in [0, 0.1) is 0 Å². The van der Waals surface area contributed by atoms with Crippen LogP contribution in [0.5, 0.6) is 0 Å². The zero-order chi connectivity index (χ0) is 12.4. The number of aromatic nitrogens is 2. The molecule has 2 heterocycles. The number of fused-ring (bicyclic) bond motifs is 1. The molecule has 0 fully saturated rings. The number of nitrogens with zero attached hydrogens (tertiary/aromatic N) is 2. The first-order valence-corrected chi connectivity index (χ1v) is 7.49. The van der Waals surface area contributed by atoms with Gasteiger partial charge in [-0.1, -0.05) is 11.6 Å². The van der Waals surface area contributed by atoms with Crippen LogP contribution in [0.2, 0.25) is 4.34 Å². The second kappa shape index (κ2) is 5.43. The first-order chi connectivity index (χ1) is 8.83. The summed E-state index contributed by atoms with van der Waals surface area (Å²) in [4.78, 5) is 5.51. The molecule has 1 N–H and O–H groups in total. The van der Waals surface area contributed by atoms with Crippen LogP contribution >= 0.6 is 22.9 Å². The van der Waals surface area contributed by atoms with Gasteiger partial charge in [0.1, 0.15) is 0 Å². The van der Waals surface area contributed by atoms with Crippen LogP contribution in [0.4, 0.5) is 0 Å². The van der Waals surface area contributed by atoms with Crippen molar-refractivity contribution in [2.45, 2.75) is 31.8 Å². The number of thiophene rings is 1. The van der Waals surface area contributed by atoms with E-state index in [2.05, 4.69) is 20.9 Å². The molecule has 3 rings (SSSR count). The molecule has 0 spiro atoms. The average molecular weight is 282 g/mol. The highest BCUT2D eigenvalue weighted by Gasteiger charge is 2.24. The molecule has 0 radical (unpaired) electrons. The van der Waals surface area contributed by atoms with Crippen molar-refractivity contribution in [2.24, 2.45) is 0 Å². The average Bonchev–Trinajstić information content (AvgIpc) is 3.02. The maximum Gasteiger partial charge on any atom is 0.0945 e. The Balaban J connectivity index is 1.47. The lowest BCUT2D eigenvalue weighted by Crippen LogP contribution is -2.21. The lowest BCUT2D eigenvalue weighted by Gasteiger charge is -2.12. The predicted molar refractivity (Wildman–Crippen MR) is 75.2 cm³/mol. The molecule has 5 heteroatoms. The van der Waals surface area contributed by atoms with Gasteiger partial charge in [0, 0.05) is 29.9 Å². The van der Waals surface area contributed by atoms with Gasteiger partial charge in [0.2, 0.25) is 0 Å². The van der Waals surface area contributed by atoms with Gasteiger partial charge < -0.3 is 9.88 Å². The van der Waals surface area contributed by atoms with E-state index in [0.717, 1.165) is 23.8 Å². The molecule has 0 aromatic carbocycles. The number of imidazole rings is 1. The Hall–Kier alpha value is -0.840. The van der Waals surface area contributed by atoms with E-state index in [0.29, 0.717) is 6.04 Å². The van der Waals surface area contributed by atoms with Gasteiger partial charge in [-0.2, -0.15) is 0 Å². The highest BCUT2D eigenvalue weighted by Crippen LogP contribution is 2.39. The molecule has 1 aliphatic carbocycles. The van der Waals surface area contributed by atoms with Crippen LogP contribution in [0.3, 0.4) is 0 Å². The van der Waals surface area contributed by atoms with Gasteiger partial charge in [0.05, 0.1) is 10.7 Å². The van der Waals surface area contributed by atoms with Crippen molar-refractivity contribution in [2.75, 3.05) is 6.54 Å². The van der Waals surface area contributed by atoms with Crippen LogP contribution in [0.1, 0.15) is 29.3 Å². The molecule has 1 unspecified atom stereocenters. The number of halogens is 1. The molecule has 96 valence electrons. The number of hydrogen-bond acceptors (Lipinski definition) is 3. The summed E-state index contributed by atoms with van der Waals surface area (Å²) in [6, 6.07) is 2.63. The molecule has 18 heavy (non-hydrogen) atoms. The molecule has 1 aliphatic rings. The summed E-state index contributed by atoms with van der Waals surface area (Å²) in [5.74, 6) is 0. The Bertz CT molecular complexity index is 506. The first kappa shape index (κ1) is 12.2. The molecule has 0 saturated heterocycles. The monoisotopic (exact) mass is 281 g/mol. The molecule has 0 saturated carbocycles. The van der Waals surface area contributed by atoms with Crippen LogP contribution in [0.25, 0.3) is 0 Å². The lowest BCUT2D eigenvalue weighted by molar-refractivity contribution is 0.499. The molecule has 1 atom stereocenters. The van der Waals surface area contributed by atoms with Crippen molar-refractivity contribution in [3.63, 3.8) is 0 Å². The predicted octanol–water partition coefficient (Wildman–Crippen LogP) is 3.27. The molecule has 3 nitrogen and oxygen atoms in total. The Morgan fingerprint density at radius 2 is 2.50 bits per heavy atom. The number of rotatable bonds is 5. The normalized spacial score (nSPS) is 18.2. The maximum absolute atomic E-state index is 6.05. The van der Waals surface area contributed by atoms with E-state index in [1.54, 1.807) is 11.3 Å². The summed E-state index contributed by atoms with van der Waals surface area (Å²) in [7, 11) is 0. The van der Waals surface area contributed by atoms with Gasteiger partial charge in [0.15, 0.2) is 0 Å². The zero-order valence-corrected chi connectivity index (χ0v) is 11.7. The second-order valence-electron chi connectivity index (χ2n) is 4.63. The minimum Gasteiger partial charge on any atom is -0.337 e. The maximum atomic E-state index is 6.05. The van der Waals surface area contributed by atoms with Crippen molar-refractivity contribution in [3.05, 3.63) is 39.6 Å². The van der Waals surface area contributed by atoms with Crippen molar-refractivity contribution in [1.82, 2.24) is 14.9 Å². The van der Waals surface area contributed by atoms with Crippen LogP contribution < -0.4 is 5.32 Å². The Kier molecular flexibility index (Phi) is 3.68. The molecule has 0 amide bonds. The third-order valence-electron chi connectivity index (χ3n) is 3.39. The number of hydrogen-bond donors (Lipinski definition) is 1. The fourth-order valence-corrected chi connectivity index (χ4v) is 3.86.